The Bertz CT molecular complexity index is 795. The molecule has 0 aliphatic heterocycles. The smallest absolute Gasteiger partial charge is 0.259 e. The number of benzene rings is 2. The molecule has 0 saturated carbocycles. The predicted molar refractivity (Wildman–Crippen MR) is 80.0 cm³/mol. The molecule has 2 aromatic carbocycles. The van der Waals surface area contributed by atoms with Crippen molar-refractivity contribution < 1.29 is 9.21 Å². The second-order valence-electron chi connectivity index (χ2n) is 4.34. The van der Waals surface area contributed by atoms with E-state index in [1.54, 1.807) is 18.2 Å². The summed E-state index contributed by atoms with van der Waals surface area (Å²) in [5.74, 6) is -0.253. The quantitative estimate of drug-likeness (QED) is 0.702. The first-order valence-electron chi connectivity index (χ1n) is 5.98. The molecule has 1 heterocycles. The number of carbonyl (C=O) groups excluding carboxylic acids is 1. The third-order valence-corrected chi connectivity index (χ3v) is 3.32. The number of furan rings is 1. The molecule has 1 amide bonds. The number of fused-ring (bicyclic) bond motifs is 1. The van der Waals surface area contributed by atoms with Gasteiger partial charge in [0, 0.05) is 11.1 Å². The van der Waals surface area contributed by atoms with E-state index in [4.69, 9.17) is 21.8 Å². The van der Waals surface area contributed by atoms with Gasteiger partial charge in [-0.3, -0.25) is 4.79 Å². The largest absolute Gasteiger partial charge is 0.463 e. The third kappa shape index (κ3) is 2.21. The maximum Gasteiger partial charge on any atom is 0.259 e. The molecule has 0 bridgehead atoms. The average Bonchev–Trinajstić information content (AvgIpc) is 2.87. The van der Waals surface area contributed by atoms with Crippen LogP contribution in [0.5, 0.6) is 0 Å². The molecule has 0 unspecified atom stereocenters. The molecule has 4 nitrogen and oxygen atoms in total. The van der Waals surface area contributed by atoms with Gasteiger partial charge >= 0.3 is 0 Å². The van der Waals surface area contributed by atoms with Gasteiger partial charge in [-0.05, 0) is 24.3 Å². The summed E-state index contributed by atoms with van der Waals surface area (Å²) in [6, 6.07) is 12.3. The molecule has 0 aliphatic carbocycles. The molecule has 0 aliphatic rings. The number of carbonyl (C=O) groups is 1. The normalized spacial score (nSPS) is 10.7. The summed E-state index contributed by atoms with van der Waals surface area (Å²) < 4.78 is 5.34. The van der Waals surface area contributed by atoms with Gasteiger partial charge in [-0.25, -0.2) is 0 Å². The lowest BCUT2D eigenvalue weighted by Gasteiger charge is -2.05. The van der Waals surface area contributed by atoms with E-state index in [0.29, 0.717) is 27.5 Å². The SMILES string of the molecule is Nc1cc(NC(=O)c2coc3ccccc23)ccc1Cl. The van der Waals surface area contributed by atoms with E-state index >= 15 is 0 Å². The van der Waals surface area contributed by atoms with E-state index in [1.165, 1.54) is 6.26 Å². The summed E-state index contributed by atoms with van der Waals surface area (Å²) in [5, 5.41) is 3.99. The van der Waals surface area contributed by atoms with Gasteiger partial charge in [0.05, 0.1) is 16.3 Å². The second-order valence-corrected chi connectivity index (χ2v) is 4.74. The molecule has 0 fully saturated rings. The Morgan fingerprint density at radius 1 is 1.20 bits per heavy atom. The molecule has 5 heteroatoms. The first-order chi connectivity index (χ1) is 9.65. The molecular weight excluding hydrogens is 276 g/mol. The fourth-order valence-corrected chi connectivity index (χ4v) is 2.09. The molecule has 0 spiro atoms. The Kier molecular flexibility index (Phi) is 3.08. The Morgan fingerprint density at radius 2 is 2.00 bits per heavy atom. The highest BCUT2D eigenvalue weighted by Crippen LogP contribution is 2.25. The maximum absolute atomic E-state index is 12.2. The number of nitrogens with two attached hydrogens (primary N) is 1. The minimum absolute atomic E-state index is 0.253. The molecule has 0 atom stereocenters. The number of anilines is 2. The van der Waals surface area contributed by atoms with Crippen LogP contribution in [0.3, 0.4) is 0 Å². The zero-order valence-corrected chi connectivity index (χ0v) is 11.1. The van der Waals surface area contributed by atoms with Crippen LogP contribution in [0.2, 0.25) is 5.02 Å². The predicted octanol–water partition coefficient (Wildman–Crippen LogP) is 3.92. The van der Waals surface area contributed by atoms with Crippen molar-refractivity contribution >= 4 is 39.9 Å². The zero-order valence-electron chi connectivity index (χ0n) is 10.4. The number of hydrogen-bond donors (Lipinski definition) is 2. The summed E-state index contributed by atoms with van der Waals surface area (Å²) in [4.78, 5) is 12.2. The summed E-state index contributed by atoms with van der Waals surface area (Å²) in [6.45, 7) is 0. The van der Waals surface area contributed by atoms with Crippen molar-refractivity contribution in [3.05, 3.63) is 59.3 Å². The Hall–Kier alpha value is -2.46. The van der Waals surface area contributed by atoms with Gasteiger partial charge in [0.15, 0.2) is 0 Å². The fourth-order valence-electron chi connectivity index (χ4n) is 1.97. The fraction of sp³-hybridized carbons (Fsp3) is 0. The number of nitrogens with one attached hydrogen (secondary N) is 1. The van der Waals surface area contributed by atoms with E-state index < -0.39 is 0 Å². The van der Waals surface area contributed by atoms with E-state index in [2.05, 4.69) is 5.32 Å². The third-order valence-electron chi connectivity index (χ3n) is 2.98. The van der Waals surface area contributed by atoms with Gasteiger partial charge in [0.1, 0.15) is 11.8 Å². The maximum atomic E-state index is 12.2. The Morgan fingerprint density at radius 3 is 2.80 bits per heavy atom. The van der Waals surface area contributed by atoms with Crippen molar-refractivity contribution in [2.45, 2.75) is 0 Å². The van der Waals surface area contributed by atoms with Crippen molar-refractivity contribution in [2.24, 2.45) is 0 Å². The number of para-hydroxylation sites is 1. The van der Waals surface area contributed by atoms with Crippen LogP contribution in [0.4, 0.5) is 11.4 Å². The lowest BCUT2D eigenvalue weighted by molar-refractivity contribution is 0.102. The molecule has 3 aromatic rings. The van der Waals surface area contributed by atoms with Crippen molar-refractivity contribution in [1.82, 2.24) is 0 Å². The number of rotatable bonds is 2. The summed E-state index contributed by atoms with van der Waals surface area (Å²) in [6.07, 6.45) is 1.44. The lowest BCUT2D eigenvalue weighted by atomic mass is 10.1. The average molecular weight is 287 g/mol. The molecule has 0 radical (unpaired) electrons. The minimum Gasteiger partial charge on any atom is -0.463 e. The number of nitrogen functional groups attached to an aromatic ring is 1. The number of amides is 1. The van der Waals surface area contributed by atoms with Crippen LogP contribution in [0.1, 0.15) is 10.4 Å². The monoisotopic (exact) mass is 286 g/mol. The van der Waals surface area contributed by atoms with Crippen LogP contribution >= 0.6 is 11.6 Å². The van der Waals surface area contributed by atoms with Gasteiger partial charge < -0.3 is 15.5 Å². The van der Waals surface area contributed by atoms with Gasteiger partial charge in [-0.15, -0.1) is 0 Å². The number of hydrogen-bond acceptors (Lipinski definition) is 3. The highest BCUT2D eigenvalue weighted by atomic mass is 35.5. The van der Waals surface area contributed by atoms with E-state index in [9.17, 15) is 4.79 Å². The molecular formula is C15H11ClN2O2. The van der Waals surface area contributed by atoms with Gasteiger partial charge in [-0.2, -0.15) is 0 Å². The van der Waals surface area contributed by atoms with Crippen LogP contribution in [-0.4, -0.2) is 5.91 Å². The van der Waals surface area contributed by atoms with Crippen LogP contribution in [0.25, 0.3) is 11.0 Å². The van der Waals surface area contributed by atoms with Crippen LogP contribution < -0.4 is 11.1 Å². The van der Waals surface area contributed by atoms with E-state index in [1.807, 2.05) is 24.3 Å². The van der Waals surface area contributed by atoms with Crippen molar-refractivity contribution in [1.29, 1.82) is 0 Å². The molecule has 1 aromatic heterocycles. The Balaban J connectivity index is 1.91. The summed E-state index contributed by atoms with van der Waals surface area (Å²) in [5.41, 5.74) is 7.86. The Labute approximate surface area is 120 Å². The molecule has 100 valence electrons. The first kappa shape index (κ1) is 12.6. The van der Waals surface area contributed by atoms with Crippen LogP contribution in [0.15, 0.2) is 53.1 Å². The minimum atomic E-state index is -0.253. The molecule has 20 heavy (non-hydrogen) atoms. The van der Waals surface area contributed by atoms with Crippen molar-refractivity contribution in [2.75, 3.05) is 11.1 Å². The topological polar surface area (TPSA) is 68.3 Å². The van der Waals surface area contributed by atoms with Crippen molar-refractivity contribution in [3.8, 4) is 0 Å². The standard InChI is InChI=1S/C15H11ClN2O2/c16-12-6-5-9(7-13(12)17)18-15(19)11-8-20-14-4-2-1-3-10(11)14/h1-8H,17H2,(H,18,19). The molecule has 0 saturated heterocycles. The second kappa shape index (κ2) is 4.90. The highest BCUT2D eigenvalue weighted by Gasteiger charge is 2.13. The van der Waals surface area contributed by atoms with Gasteiger partial charge in [0.25, 0.3) is 5.91 Å². The van der Waals surface area contributed by atoms with Crippen LogP contribution in [-0.2, 0) is 0 Å². The summed E-state index contributed by atoms with van der Waals surface area (Å²) in [7, 11) is 0. The first-order valence-corrected chi connectivity index (χ1v) is 6.35. The van der Waals surface area contributed by atoms with E-state index in [-0.39, 0.29) is 5.91 Å². The van der Waals surface area contributed by atoms with Gasteiger partial charge in [-0.1, -0.05) is 29.8 Å². The molecule has 3 rings (SSSR count). The van der Waals surface area contributed by atoms with Crippen LogP contribution in [0, 0.1) is 0 Å². The van der Waals surface area contributed by atoms with E-state index in [0.717, 1.165) is 5.39 Å². The van der Waals surface area contributed by atoms with Crippen molar-refractivity contribution in [3.63, 3.8) is 0 Å². The highest BCUT2D eigenvalue weighted by molar-refractivity contribution is 6.33. The summed E-state index contributed by atoms with van der Waals surface area (Å²) >= 11 is 5.84. The molecule has 3 N–H and O–H groups in total. The lowest BCUT2D eigenvalue weighted by Crippen LogP contribution is -2.11. The zero-order chi connectivity index (χ0) is 14.1. The number of halogens is 1. The van der Waals surface area contributed by atoms with Gasteiger partial charge in [0.2, 0.25) is 0 Å².